The third-order valence-corrected chi connectivity index (χ3v) is 6.88. The van der Waals surface area contributed by atoms with Crippen LogP contribution in [0.15, 0.2) is 16.9 Å². The Hall–Kier alpha value is -5.06. The largest absolute Gasteiger partial charge is 0.394 e. The molecular weight excluding hydrogens is 626 g/mol. The summed E-state index contributed by atoms with van der Waals surface area (Å²) in [5.41, 5.74) is 21.7. The standard InChI is InChI=1S/C25H43N13O9/c26-4-1-2-11(27)6-17(41)33-13-7-31-23(46)18(12-3-5-30-24(28)37-12)38-20(43)14(8-32-25(29)47)34-21(44)15(9-39)36-22(45)16(10-40)35-19(13)42/h8,11-13,15-16,18,39-40H,1-7,9-10,26-27H2,(H,31,46)(H,33,41)(H,34,44)(H,35,42)(H,36,45)(H,38,43)(H3,28,30,37)(H3,29,32,47)/b14-8-/t11-,12+,13?,15?,16?,18?/m0/s1. The highest BCUT2D eigenvalue weighted by Gasteiger charge is 2.35. The summed E-state index contributed by atoms with van der Waals surface area (Å²) >= 11 is 0. The number of hydrogen-bond acceptors (Lipinski definition) is 14. The van der Waals surface area contributed by atoms with Crippen molar-refractivity contribution in [2.24, 2.45) is 27.9 Å². The number of urea groups is 1. The van der Waals surface area contributed by atoms with E-state index in [1.165, 1.54) is 0 Å². The average molecular weight is 670 g/mol. The molecule has 262 valence electrons. The highest BCUT2D eigenvalue weighted by atomic mass is 16.3. The normalized spacial score (nSPS) is 26.3. The number of hydrogen-bond donors (Lipinski definition) is 14. The van der Waals surface area contributed by atoms with Crippen LogP contribution in [0.4, 0.5) is 4.79 Å². The maximum atomic E-state index is 13.5. The van der Waals surface area contributed by atoms with E-state index in [0.29, 0.717) is 25.6 Å². The van der Waals surface area contributed by atoms with Crippen LogP contribution < -0.4 is 65.5 Å². The molecule has 0 bridgehead atoms. The molecule has 0 spiro atoms. The van der Waals surface area contributed by atoms with Gasteiger partial charge in [-0.2, -0.15) is 0 Å². The van der Waals surface area contributed by atoms with Gasteiger partial charge in [-0.15, -0.1) is 0 Å². The lowest BCUT2D eigenvalue weighted by molar-refractivity contribution is -0.135. The minimum atomic E-state index is -1.74. The van der Waals surface area contributed by atoms with E-state index in [1.807, 2.05) is 5.32 Å². The van der Waals surface area contributed by atoms with Gasteiger partial charge in [0.2, 0.25) is 29.5 Å². The zero-order chi connectivity index (χ0) is 35.1. The molecule has 6 atom stereocenters. The quantitative estimate of drug-likeness (QED) is 0.0962. The van der Waals surface area contributed by atoms with Gasteiger partial charge in [-0.25, -0.2) is 4.79 Å². The Morgan fingerprint density at radius 1 is 0.979 bits per heavy atom. The highest BCUT2D eigenvalue weighted by molar-refractivity contribution is 6.02. The molecule has 0 aromatic rings. The van der Waals surface area contributed by atoms with Crippen LogP contribution in [0.1, 0.15) is 25.7 Å². The molecule has 18 N–H and O–H groups in total. The van der Waals surface area contributed by atoms with Crippen LogP contribution in [0.3, 0.4) is 0 Å². The smallest absolute Gasteiger partial charge is 0.316 e. The summed E-state index contributed by atoms with van der Waals surface area (Å²) in [6.45, 7) is -2.06. The lowest BCUT2D eigenvalue weighted by atomic mass is 10.0. The summed E-state index contributed by atoms with van der Waals surface area (Å²) in [6.07, 6.45) is 1.64. The zero-order valence-electron chi connectivity index (χ0n) is 25.4. The summed E-state index contributed by atoms with van der Waals surface area (Å²) in [6, 6.07) is -9.03. The molecule has 22 nitrogen and oxygen atoms in total. The number of nitrogens with zero attached hydrogens (tertiary/aromatic N) is 1. The molecule has 0 aromatic carbocycles. The van der Waals surface area contributed by atoms with Crippen molar-refractivity contribution in [1.29, 1.82) is 0 Å². The number of amides is 8. The second-order valence-corrected chi connectivity index (χ2v) is 10.6. The number of nitrogens with two attached hydrogens (primary N) is 4. The van der Waals surface area contributed by atoms with Gasteiger partial charge in [-0.3, -0.25) is 33.8 Å². The third kappa shape index (κ3) is 12.3. The first kappa shape index (κ1) is 38.1. The lowest BCUT2D eigenvalue weighted by Crippen LogP contribution is -2.64. The SMILES string of the molecule is NCCC[C@H](N)CC(=O)NC1CNC(=O)C([C@H]2CCN=C(N)N2)NC(=O)/C(=C/NC(N)=O)NC(=O)C(CO)NC(=O)C(CO)NC1=O. The van der Waals surface area contributed by atoms with E-state index in [1.54, 1.807) is 0 Å². The Morgan fingerprint density at radius 3 is 2.26 bits per heavy atom. The fourth-order valence-corrected chi connectivity index (χ4v) is 4.40. The minimum Gasteiger partial charge on any atom is -0.394 e. The van der Waals surface area contributed by atoms with E-state index in [0.717, 1.165) is 0 Å². The second kappa shape index (κ2) is 18.8. The van der Waals surface area contributed by atoms with Gasteiger partial charge in [0.05, 0.1) is 19.3 Å². The molecule has 2 rings (SSSR count). The molecule has 1 saturated heterocycles. The molecule has 47 heavy (non-hydrogen) atoms. The van der Waals surface area contributed by atoms with Crippen molar-refractivity contribution in [2.75, 3.05) is 32.8 Å². The number of aliphatic imine (C=N–C) groups is 1. The van der Waals surface area contributed by atoms with Gasteiger partial charge >= 0.3 is 6.03 Å². The van der Waals surface area contributed by atoms with Crippen LogP contribution in [-0.2, 0) is 28.8 Å². The van der Waals surface area contributed by atoms with E-state index in [9.17, 15) is 43.8 Å². The van der Waals surface area contributed by atoms with E-state index in [4.69, 9.17) is 22.9 Å². The molecule has 2 heterocycles. The molecule has 22 heteroatoms. The number of nitrogens with one attached hydrogen (secondary N) is 8. The van der Waals surface area contributed by atoms with Crippen LogP contribution in [0.25, 0.3) is 0 Å². The van der Waals surface area contributed by atoms with Crippen LogP contribution in [0.5, 0.6) is 0 Å². The first-order valence-electron chi connectivity index (χ1n) is 14.6. The number of aliphatic hydroxyl groups is 2. The first-order chi connectivity index (χ1) is 22.3. The topological polar surface area (TPSA) is 373 Å². The van der Waals surface area contributed by atoms with Gasteiger partial charge in [-0.05, 0) is 25.8 Å². The number of carbonyl (C=O) groups is 7. The summed E-state index contributed by atoms with van der Waals surface area (Å²) in [4.78, 5) is 94.2. The van der Waals surface area contributed by atoms with E-state index >= 15 is 0 Å². The lowest BCUT2D eigenvalue weighted by Gasteiger charge is -2.31. The zero-order valence-corrected chi connectivity index (χ0v) is 25.4. The monoisotopic (exact) mass is 669 g/mol. The Kier molecular flexibility index (Phi) is 15.2. The molecular formula is C25H43N13O9. The fourth-order valence-electron chi connectivity index (χ4n) is 4.40. The van der Waals surface area contributed by atoms with Crippen molar-refractivity contribution < 1.29 is 43.8 Å². The fraction of sp³-hybridized carbons (Fsp3) is 0.600. The first-order valence-corrected chi connectivity index (χ1v) is 14.6. The molecule has 2 aliphatic rings. The van der Waals surface area contributed by atoms with Crippen molar-refractivity contribution in [1.82, 2.24) is 42.5 Å². The van der Waals surface area contributed by atoms with Gasteiger partial charge in [0.1, 0.15) is 29.9 Å². The molecule has 0 aliphatic carbocycles. The van der Waals surface area contributed by atoms with Crippen LogP contribution in [0.2, 0.25) is 0 Å². The molecule has 8 amide bonds. The summed E-state index contributed by atoms with van der Waals surface area (Å²) < 4.78 is 0. The molecule has 4 unspecified atom stereocenters. The maximum absolute atomic E-state index is 13.5. The second-order valence-electron chi connectivity index (χ2n) is 10.6. The molecule has 0 aromatic heterocycles. The number of aliphatic hydroxyl groups excluding tert-OH is 2. The van der Waals surface area contributed by atoms with Crippen LogP contribution in [0, 0.1) is 0 Å². The predicted molar refractivity (Wildman–Crippen MR) is 163 cm³/mol. The van der Waals surface area contributed by atoms with Crippen molar-refractivity contribution in [3.8, 4) is 0 Å². The van der Waals surface area contributed by atoms with Crippen molar-refractivity contribution >= 4 is 47.4 Å². The molecule has 2 aliphatic heterocycles. The maximum Gasteiger partial charge on any atom is 0.316 e. The van der Waals surface area contributed by atoms with Gasteiger partial charge in [-0.1, -0.05) is 0 Å². The predicted octanol–water partition coefficient (Wildman–Crippen LogP) is -8.20. The van der Waals surface area contributed by atoms with Crippen molar-refractivity contribution in [3.63, 3.8) is 0 Å². The van der Waals surface area contributed by atoms with Crippen LogP contribution in [-0.4, -0.2) is 127 Å². The van der Waals surface area contributed by atoms with Gasteiger partial charge in [0, 0.05) is 31.8 Å². The molecule has 0 radical (unpaired) electrons. The van der Waals surface area contributed by atoms with Gasteiger partial charge in [0.25, 0.3) is 5.91 Å². The number of carbonyl (C=O) groups excluding carboxylic acids is 7. The minimum absolute atomic E-state index is 0.0398. The Balaban J connectivity index is 2.51. The van der Waals surface area contributed by atoms with Crippen LogP contribution >= 0.6 is 0 Å². The summed E-state index contributed by atoms with van der Waals surface area (Å²) in [7, 11) is 0. The number of guanidine groups is 1. The number of primary amides is 1. The summed E-state index contributed by atoms with van der Waals surface area (Å²) in [5, 5.41) is 38.2. The van der Waals surface area contributed by atoms with Gasteiger partial charge < -0.3 is 75.7 Å². The third-order valence-electron chi connectivity index (χ3n) is 6.88. The van der Waals surface area contributed by atoms with Crippen molar-refractivity contribution in [3.05, 3.63) is 11.9 Å². The van der Waals surface area contributed by atoms with E-state index in [2.05, 4.69) is 42.2 Å². The van der Waals surface area contributed by atoms with E-state index in [-0.39, 0.29) is 25.3 Å². The Labute approximate surface area is 268 Å². The number of rotatable bonds is 10. The Bertz CT molecular complexity index is 1240. The average Bonchev–Trinajstić information content (AvgIpc) is 3.02. The molecule has 1 fully saturated rings. The molecule has 0 saturated carbocycles. The van der Waals surface area contributed by atoms with Crippen molar-refractivity contribution in [2.45, 2.75) is 61.9 Å². The van der Waals surface area contributed by atoms with Gasteiger partial charge in [0.15, 0.2) is 5.96 Å². The van der Waals surface area contributed by atoms with E-state index < -0.39 is 103 Å². The highest BCUT2D eigenvalue weighted by Crippen LogP contribution is 2.07. The summed E-state index contributed by atoms with van der Waals surface area (Å²) in [5.74, 6) is -6.06. The Morgan fingerprint density at radius 2 is 1.64 bits per heavy atom.